The second kappa shape index (κ2) is 7.55. The zero-order valence-corrected chi connectivity index (χ0v) is 15.5. The van der Waals surface area contributed by atoms with Crippen LogP contribution in [0.4, 0.5) is 11.4 Å². The van der Waals surface area contributed by atoms with Crippen LogP contribution < -0.4 is 10.5 Å². The third-order valence-corrected chi connectivity index (χ3v) is 5.46. The van der Waals surface area contributed by atoms with Crippen LogP contribution in [0.3, 0.4) is 0 Å². The molecule has 28 heavy (non-hydrogen) atoms. The normalized spacial score (nSPS) is 18.0. The molecule has 2 aliphatic heterocycles. The number of hydrogen-bond donors (Lipinski definition) is 1. The molecule has 0 atom stereocenters. The van der Waals surface area contributed by atoms with Gasteiger partial charge in [-0.3, -0.25) is 24.6 Å². The Kier molecular flexibility index (Phi) is 4.95. The maximum atomic E-state index is 12.3. The van der Waals surface area contributed by atoms with E-state index in [1.807, 2.05) is 9.80 Å². The molecule has 0 aliphatic carbocycles. The molecule has 2 fully saturated rings. The second-order valence-electron chi connectivity index (χ2n) is 7.20. The van der Waals surface area contributed by atoms with Crippen LogP contribution in [-0.4, -0.2) is 76.4 Å². The number of fused-ring (bicyclic) bond motifs is 1. The highest BCUT2D eigenvalue weighted by atomic mass is 16.6. The summed E-state index contributed by atoms with van der Waals surface area (Å²) in [7, 11) is 0. The maximum absolute atomic E-state index is 12.3. The Balaban J connectivity index is 1.50. The van der Waals surface area contributed by atoms with Crippen molar-refractivity contribution < 1.29 is 9.72 Å². The van der Waals surface area contributed by atoms with Crippen molar-refractivity contribution in [3.63, 3.8) is 0 Å². The number of benzene rings is 1. The van der Waals surface area contributed by atoms with E-state index in [9.17, 15) is 19.7 Å². The summed E-state index contributed by atoms with van der Waals surface area (Å²) in [5.74, 6) is 0.158. The van der Waals surface area contributed by atoms with Crippen molar-refractivity contribution in [1.29, 1.82) is 0 Å². The minimum absolute atomic E-state index is 0.104. The Labute approximate surface area is 160 Å². The first-order valence-corrected chi connectivity index (χ1v) is 9.44. The van der Waals surface area contributed by atoms with Gasteiger partial charge in [-0.15, -0.1) is 0 Å². The number of likely N-dealkylation sites (tertiary alicyclic amines) is 1. The first-order chi connectivity index (χ1) is 13.5. The van der Waals surface area contributed by atoms with E-state index in [0.717, 1.165) is 25.9 Å². The summed E-state index contributed by atoms with van der Waals surface area (Å²) in [6.07, 6.45) is 3.44. The highest BCUT2D eigenvalue weighted by Crippen LogP contribution is 2.32. The number of piperazine rings is 1. The molecule has 1 aromatic heterocycles. The Morgan fingerprint density at radius 2 is 1.86 bits per heavy atom. The molecular weight excluding hydrogens is 364 g/mol. The van der Waals surface area contributed by atoms with Gasteiger partial charge in [-0.2, -0.15) is 0 Å². The van der Waals surface area contributed by atoms with Gasteiger partial charge in [0.1, 0.15) is 5.69 Å². The van der Waals surface area contributed by atoms with Crippen LogP contribution >= 0.6 is 0 Å². The lowest BCUT2D eigenvalue weighted by Crippen LogP contribution is -2.50. The fourth-order valence-corrected chi connectivity index (χ4v) is 3.90. The molecule has 10 heteroatoms. The van der Waals surface area contributed by atoms with Crippen LogP contribution in [-0.2, 0) is 4.79 Å². The van der Waals surface area contributed by atoms with Crippen molar-refractivity contribution in [1.82, 2.24) is 19.8 Å². The summed E-state index contributed by atoms with van der Waals surface area (Å²) < 4.78 is 0. The number of rotatable bonds is 4. The Morgan fingerprint density at radius 3 is 2.54 bits per heavy atom. The number of nitrogens with one attached hydrogen (secondary N) is 1. The van der Waals surface area contributed by atoms with E-state index >= 15 is 0 Å². The first-order valence-electron chi connectivity index (χ1n) is 9.44. The predicted molar refractivity (Wildman–Crippen MR) is 103 cm³/mol. The van der Waals surface area contributed by atoms with Gasteiger partial charge in [0, 0.05) is 45.3 Å². The van der Waals surface area contributed by atoms with E-state index in [2.05, 4.69) is 14.9 Å². The molecule has 3 heterocycles. The van der Waals surface area contributed by atoms with Gasteiger partial charge in [-0.05, 0) is 18.9 Å². The van der Waals surface area contributed by atoms with Crippen molar-refractivity contribution in [2.45, 2.75) is 12.8 Å². The van der Waals surface area contributed by atoms with Crippen LogP contribution in [0, 0.1) is 10.1 Å². The van der Waals surface area contributed by atoms with Crippen molar-refractivity contribution in [2.75, 3.05) is 50.7 Å². The number of nitro benzene ring substituents is 1. The van der Waals surface area contributed by atoms with E-state index in [4.69, 9.17) is 0 Å². The average molecular weight is 386 g/mol. The molecule has 2 aromatic rings. The van der Waals surface area contributed by atoms with Gasteiger partial charge in [0.15, 0.2) is 0 Å². The van der Waals surface area contributed by atoms with E-state index in [1.54, 1.807) is 6.07 Å². The van der Waals surface area contributed by atoms with E-state index in [1.165, 1.54) is 12.4 Å². The molecule has 0 radical (unpaired) electrons. The molecule has 148 valence electrons. The molecule has 0 spiro atoms. The summed E-state index contributed by atoms with van der Waals surface area (Å²) in [6, 6.07) is 2.90. The summed E-state index contributed by atoms with van der Waals surface area (Å²) >= 11 is 0. The third kappa shape index (κ3) is 3.55. The van der Waals surface area contributed by atoms with Gasteiger partial charge < -0.3 is 14.8 Å². The Morgan fingerprint density at radius 1 is 1.14 bits per heavy atom. The van der Waals surface area contributed by atoms with Crippen molar-refractivity contribution in [3.8, 4) is 0 Å². The standard InChI is InChI=1S/C18H22N6O4/c25-17(23-3-1-2-4-23)11-21-5-7-22(8-6-21)15-10-14-13(9-16(15)24(27)28)18(26)20-12-19-14/h9-10,12H,1-8,11H2,(H,19,20,26). The topological polar surface area (TPSA) is 116 Å². The highest BCUT2D eigenvalue weighted by molar-refractivity contribution is 5.87. The van der Waals surface area contributed by atoms with Crippen molar-refractivity contribution in [2.24, 2.45) is 0 Å². The molecule has 2 aliphatic rings. The minimum Gasteiger partial charge on any atom is -0.363 e. The summed E-state index contributed by atoms with van der Waals surface area (Å²) in [6.45, 7) is 4.52. The third-order valence-electron chi connectivity index (χ3n) is 5.46. The van der Waals surface area contributed by atoms with E-state index in [0.29, 0.717) is 43.9 Å². The van der Waals surface area contributed by atoms with Crippen molar-refractivity contribution >= 4 is 28.2 Å². The molecular formula is C18H22N6O4. The van der Waals surface area contributed by atoms with E-state index in [-0.39, 0.29) is 17.0 Å². The summed E-state index contributed by atoms with van der Waals surface area (Å²) in [4.78, 5) is 47.8. The van der Waals surface area contributed by atoms with Crippen LogP contribution in [0.5, 0.6) is 0 Å². The maximum Gasteiger partial charge on any atom is 0.293 e. The molecule has 0 saturated carbocycles. The average Bonchev–Trinajstić information content (AvgIpc) is 3.23. The number of aromatic amines is 1. The lowest BCUT2D eigenvalue weighted by molar-refractivity contribution is -0.384. The Hall–Kier alpha value is -3.01. The highest BCUT2D eigenvalue weighted by Gasteiger charge is 2.27. The largest absolute Gasteiger partial charge is 0.363 e. The van der Waals surface area contributed by atoms with Gasteiger partial charge >= 0.3 is 0 Å². The van der Waals surface area contributed by atoms with Crippen LogP contribution in [0.1, 0.15) is 12.8 Å². The predicted octanol–water partition coefficient (Wildman–Crippen LogP) is 0.576. The lowest BCUT2D eigenvalue weighted by atomic mass is 10.1. The fourth-order valence-electron chi connectivity index (χ4n) is 3.90. The molecule has 0 unspecified atom stereocenters. The molecule has 10 nitrogen and oxygen atoms in total. The quantitative estimate of drug-likeness (QED) is 0.603. The molecule has 1 aromatic carbocycles. The van der Waals surface area contributed by atoms with Crippen LogP contribution in [0.15, 0.2) is 23.3 Å². The van der Waals surface area contributed by atoms with Crippen LogP contribution in [0.2, 0.25) is 0 Å². The number of amides is 1. The molecule has 1 amide bonds. The molecule has 0 bridgehead atoms. The van der Waals surface area contributed by atoms with Crippen LogP contribution in [0.25, 0.3) is 10.9 Å². The SMILES string of the molecule is O=C(CN1CCN(c2cc3nc[nH]c(=O)c3cc2[N+](=O)[O-])CC1)N1CCCC1. The molecule has 2 saturated heterocycles. The second-order valence-corrected chi connectivity index (χ2v) is 7.20. The number of nitrogens with zero attached hydrogens (tertiary/aromatic N) is 5. The van der Waals surface area contributed by atoms with Gasteiger partial charge in [-0.25, -0.2) is 4.98 Å². The monoisotopic (exact) mass is 386 g/mol. The van der Waals surface area contributed by atoms with Gasteiger partial charge in [-0.1, -0.05) is 0 Å². The van der Waals surface area contributed by atoms with Gasteiger partial charge in [0.25, 0.3) is 11.2 Å². The fraction of sp³-hybridized carbons (Fsp3) is 0.500. The number of carbonyl (C=O) groups excluding carboxylic acids is 1. The zero-order valence-electron chi connectivity index (χ0n) is 15.5. The first kappa shape index (κ1) is 18.4. The number of carbonyl (C=O) groups is 1. The number of nitro groups is 1. The smallest absolute Gasteiger partial charge is 0.293 e. The summed E-state index contributed by atoms with van der Waals surface area (Å²) in [5, 5.41) is 11.8. The Bertz CT molecular complexity index is 960. The number of anilines is 1. The number of aromatic nitrogens is 2. The lowest BCUT2D eigenvalue weighted by Gasteiger charge is -2.36. The van der Waals surface area contributed by atoms with Crippen molar-refractivity contribution in [3.05, 3.63) is 38.9 Å². The number of H-pyrrole nitrogens is 1. The van der Waals surface area contributed by atoms with Gasteiger partial charge in [0.2, 0.25) is 5.91 Å². The zero-order chi connectivity index (χ0) is 19.7. The molecule has 1 N–H and O–H groups in total. The van der Waals surface area contributed by atoms with Gasteiger partial charge in [0.05, 0.1) is 28.7 Å². The summed E-state index contributed by atoms with van der Waals surface area (Å²) in [5.41, 5.74) is 0.384. The number of hydrogen-bond acceptors (Lipinski definition) is 7. The minimum atomic E-state index is -0.468. The van der Waals surface area contributed by atoms with E-state index < -0.39 is 10.5 Å². The molecule has 4 rings (SSSR count).